The Balaban J connectivity index is 1.98. The van der Waals surface area contributed by atoms with Crippen molar-refractivity contribution >= 4 is 11.0 Å². The van der Waals surface area contributed by atoms with E-state index >= 15 is 0 Å². The van der Waals surface area contributed by atoms with Gasteiger partial charge in [-0.3, -0.25) is 0 Å². The van der Waals surface area contributed by atoms with Gasteiger partial charge in [-0.2, -0.15) is 0 Å². The van der Waals surface area contributed by atoms with Crippen LogP contribution in [0.25, 0.3) is 22.4 Å². The van der Waals surface area contributed by atoms with Crippen LogP contribution in [0, 0.1) is 5.82 Å². The van der Waals surface area contributed by atoms with E-state index in [9.17, 15) is 9.50 Å². The molecule has 0 bridgehead atoms. The number of hydrogen-bond donors (Lipinski definition) is 1. The first-order chi connectivity index (χ1) is 10.8. The quantitative estimate of drug-likeness (QED) is 0.807. The van der Waals surface area contributed by atoms with Crippen LogP contribution in [0.1, 0.15) is 0 Å². The summed E-state index contributed by atoms with van der Waals surface area (Å²) in [6.07, 6.45) is 0. The first-order valence-electron chi connectivity index (χ1n) is 6.93. The van der Waals surface area contributed by atoms with Crippen LogP contribution in [0.2, 0.25) is 0 Å². The number of fused-ring (bicyclic) bond motifs is 2. The minimum Gasteiger partial charge on any atom is -0.454 e. The molecule has 2 heterocycles. The maximum absolute atomic E-state index is 14.1. The number of aromatic nitrogens is 2. The van der Waals surface area contributed by atoms with Crippen molar-refractivity contribution in [1.29, 1.82) is 0 Å². The lowest BCUT2D eigenvalue weighted by Gasteiger charge is -2.08. The zero-order valence-electron chi connectivity index (χ0n) is 11.6. The van der Waals surface area contributed by atoms with Gasteiger partial charge in [-0.05, 0) is 12.1 Å². The van der Waals surface area contributed by atoms with Crippen LogP contribution >= 0.6 is 0 Å². The van der Waals surface area contributed by atoms with E-state index in [2.05, 4.69) is 4.98 Å². The van der Waals surface area contributed by atoms with Crippen LogP contribution in [0.5, 0.6) is 11.5 Å². The summed E-state index contributed by atoms with van der Waals surface area (Å²) in [7, 11) is 0. The maximum atomic E-state index is 14.1. The minimum atomic E-state index is -0.350. The smallest absolute Gasteiger partial charge is 0.231 e. The highest BCUT2D eigenvalue weighted by atomic mass is 19.1. The normalized spacial score (nSPS) is 13.0. The van der Waals surface area contributed by atoms with E-state index in [0.29, 0.717) is 34.9 Å². The molecule has 0 amide bonds. The molecule has 0 saturated heterocycles. The summed E-state index contributed by atoms with van der Waals surface area (Å²) in [6.45, 7) is 0.434. The number of aliphatic hydroxyl groups excluding tert-OH is 1. The van der Waals surface area contributed by atoms with Crippen molar-refractivity contribution in [2.75, 3.05) is 13.4 Å². The van der Waals surface area contributed by atoms with E-state index in [1.54, 1.807) is 28.8 Å². The SMILES string of the molecule is OCCn1c(-c2ccccc2F)nc2cc3c(cc21)OCO3. The molecular formula is C16H13FN2O3. The second-order valence-corrected chi connectivity index (χ2v) is 4.98. The third-order valence-electron chi connectivity index (χ3n) is 3.68. The summed E-state index contributed by atoms with van der Waals surface area (Å²) >= 11 is 0. The Labute approximate surface area is 125 Å². The summed E-state index contributed by atoms with van der Waals surface area (Å²) in [5, 5.41) is 9.33. The third kappa shape index (κ3) is 1.92. The van der Waals surface area contributed by atoms with Gasteiger partial charge in [0.25, 0.3) is 0 Å². The van der Waals surface area contributed by atoms with Crippen LogP contribution in [-0.2, 0) is 6.54 Å². The van der Waals surface area contributed by atoms with Gasteiger partial charge in [-0.25, -0.2) is 9.37 Å². The van der Waals surface area contributed by atoms with Gasteiger partial charge in [-0.15, -0.1) is 0 Å². The summed E-state index contributed by atoms with van der Waals surface area (Å²) < 4.78 is 26.6. The van der Waals surface area contributed by atoms with Gasteiger partial charge in [0, 0.05) is 18.7 Å². The van der Waals surface area contributed by atoms with Crippen LogP contribution < -0.4 is 9.47 Å². The van der Waals surface area contributed by atoms with Crippen LogP contribution in [0.15, 0.2) is 36.4 Å². The number of hydrogen-bond acceptors (Lipinski definition) is 4. The number of rotatable bonds is 3. The average Bonchev–Trinajstić information content (AvgIpc) is 3.10. The summed E-state index contributed by atoms with van der Waals surface area (Å²) in [5.74, 6) is 1.38. The van der Waals surface area contributed by atoms with Crippen LogP contribution in [0.3, 0.4) is 0 Å². The summed E-state index contributed by atoms with van der Waals surface area (Å²) in [4.78, 5) is 4.52. The van der Waals surface area contributed by atoms with Crippen molar-refractivity contribution in [3.05, 3.63) is 42.2 Å². The van der Waals surface area contributed by atoms with Crippen molar-refractivity contribution in [2.45, 2.75) is 6.54 Å². The number of imidazole rings is 1. The average molecular weight is 300 g/mol. The molecule has 1 N–H and O–H groups in total. The van der Waals surface area contributed by atoms with Gasteiger partial charge in [-0.1, -0.05) is 12.1 Å². The van der Waals surface area contributed by atoms with E-state index in [4.69, 9.17) is 9.47 Å². The molecule has 0 atom stereocenters. The molecule has 5 nitrogen and oxygen atoms in total. The third-order valence-corrected chi connectivity index (χ3v) is 3.68. The molecule has 4 rings (SSSR count). The van der Waals surface area contributed by atoms with E-state index < -0.39 is 0 Å². The highest BCUT2D eigenvalue weighted by Crippen LogP contribution is 2.37. The van der Waals surface area contributed by atoms with Gasteiger partial charge in [0.1, 0.15) is 11.6 Å². The molecule has 0 radical (unpaired) electrons. The molecule has 1 aliphatic heterocycles. The Morgan fingerprint density at radius 1 is 1.18 bits per heavy atom. The Hall–Kier alpha value is -2.60. The highest BCUT2D eigenvalue weighted by Gasteiger charge is 2.20. The monoisotopic (exact) mass is 300 g/mol. The van der Waals surface area contributed by atoms with Gasteiger partial charge < -0.3 is 19.1 Å². The molecule has 6 heteroatoms. The molecule has 0 fully saturated rings. The van der Waals surface area contributed by atoms with Gasteiger partial charge in [0.05, 0.1) is 23.2 Å². The fourth-order valence-corrected chi connectivity index (χ4v) is 2.69. The van der Waals surface area contributed by atoms with E-state index in [1.165, 1.54) is 6.07 Å². The Morgan fingerprint density at radius 2 is 1.95 bits per heavy atom. The molecule has 0 saturated carbocycles. The number of benzene rings is 2. The van der Waals surface area contributed by atoms with Crippen molar-refractivity contribution in [2.24, 2.45) is 0 Å². The number of nitrogens with zero attached hydrogens (tertiary/aromatic N) is 2. The molecule has 0 unspecified atom stereocenters. The van der Waals surface area contributed by atoms with Gasteiger partial charge >= 0.3 is 0 Å². The summed E-state index contributed by atoms with van der Waals surface area (Å²) in [6, 6.07) is 10.0. The lowest BCUT2D eigenvalue weighted by atomic mass is 10.2. The molecule has 0 spiro atoms. The Kier molecular flexibility index (Phi) is 2.97. The Bertz CT molecular complexity index is 860. The maximum Gasteiger partial charge on any atom is 0.231 e. The standard InChI is InChI=1S/C16H13FN2O3/c17-11-4-2-1-3-10(11)16-18-12-7-14-15(22-9-21-14)8-13(12)19(16)5-6-20/h1-4,7-8,20H,5-6,9H2. The molecule has 3 aromatic rings. The topological polar surface area (TPSA) is 56.5 Å². The molecule has 2 aromatic carbocycles. The van der Waals surface area contributed by atoms with E-state index in [0.717, 1.165) is 5.52 Å². The Morgan fingerprint density at radius 3 is 2.73 bits per heavy atom. The fourth-order valence-electron chi connectivity index (χ4n) is 2.69. The first-order valence-corrected chi connectivity index (χ1v) is 6.93. The summed E-state index contributed by atoms with van der Waals surface area (Å²) in [5.41, 5.74) is 1.85. The number of halogens is 1. The van der Waals surface area contributed by atoms with Crippen LogP contribution in [0.4, 0.5) is 4.39 Å². The zero-order chi connectivity index (χ0) is 15.1. The first kappa shape index (κ1) is 13.1. The molecule has 1 aliphatic rings. The molecule has 112 valence electrons. The predicted octanol–water partition coefficient (Wildman–Crippen LogP) is 2.56. The zero-order valence-corrected chi connectivity index (χ0v) is 11.6. The number of ether oxygens (including phenoxy) is 2. The molecule has 0 aliphatic carbocycles. The van der Waals surface area contributed by atoms with E-state index in [-0.39, 0.29) is 19.2 Å². The molecule has 22 heavy (non-hydrogen) atoms. The van der Waals surface area contributed by atoms with Gasteiger partial charge in [0.15, 0.2) is 11.5 Å². The fraction of sp³-hybridized carbons (Fsp3) is 0.188. The molecule has 1 aromatic heterocycles. The van der Waals surface area contributed by atoms with Crippen LogP contribution in [-0.4, -0.2) is 28.1 Å². The second kappa shape index (κ2) is 4.99. The van der Waals surface area contributed by atoms with Crippen molar-refractivity contribution in [3.63, 3.8) is 0 Å². The second-order valence-electron chi connectivity index (χ2n) is 4.98. The lowest BCUT2D eigenvalue weighted by molar-refractivity contribution is 0.174. The minimum absolute atomic E-state index is 0.0681. The largest absolute Gasteiger partial charge is 0.454 e. The predicted molar refractivity (Wildman–Crippen MR) is 78.3 cm³/mol. The number of aliphatic hydroxyl groups is 1. The van der Waals surface area contributed by atoms with Gasteiger partial charge in [0.2, 0.25) is 6.79 Å². The molecular weight excluding hydrogens is 287 g/mol. The van der Waals surface area contributed by atoms with Crippen molar-refractivity contribution < 1.29 is 19.0 Å². The van der Waals surface area contributed by atoms with Crippen molar-refractivity contribution in [3.8, 4) is 22.9 Å². The van der Waals surface area contributed by atoms with E-state index in [1.807, 2.05) is 6.07 Å². The van der Waals surface area contributed by atoms with Crippen molar-refractivity contribution in [1.82, 2.24) is 9.55 Å². The lowest BCUT2D eigenvalue weighted by Crippen LogP contribution is -2.05. The highest BCUT2D eigenvalue weighted by molar-refractivity contribution is 5.84.